The minimum absolute atomic E-state index is 0.104. The Labute approximate surface area is 97.6 Å². The van der Waals surface area contributed by atoms with Crippen LogP contribution >= 0.6 is 0 Å². The lowest BCUT2D eigenvalue weighted by Gasteiger charge is -2.16. The van der Waals surface area contributed by atoms with Crippen molar-refractivity contribution < 1.29 is 9.90 Å². The number of hydrogen-bond donors (Lipinski definition) is 2. The highest BCUT2D eigenvalue weighted by Gasteiger charge is 2.41. The van der Waals surface area contributed by atoms with Crippen molar-refractivity contribution in [3.05, 3.63) is 0 Å². The van der Waals surface area contributed by atoms with E-state index in [1.165, 1.54) is 25.7 Å². The van der Waals surface area contributed by atoms with E-state index in [0.29, 0.717) is 12.8 Å². The third-order valence-corrected chi connectivity index (χ3v) is 3.78. The highest BCUT2D eigenvalue weighted by molar-refractivity contribution is 5.75. The molecule has 0 spiro atoms. The number of amides is 1. The van der Waals surface area contributed by atoms with Crippen molar-refractivity contribution in [1.82, 2.24) is 5.32 Å². The van der Waals surface area contributed by atoms with Gasteiger partial charge in [0.1, 0.15) is 0 Å². The van der Waals surface area contributed by atoms with Gasteiger partial charge in [0.25, 0.3) is 0 Å². The Morgan fingerprint density at radius 2 is 1.88 bits per heavy atom. The lowest BCUT2D eigenvalue weighted by Crippen LogP contribution is -2.31. The average molecular weight is 225 g/mol. The Kier molecular flexibility index (Phi) is 3.85. The predicted molar refractivity (Wildman–Crippen MR) is 62.9 cm³/mol. The Morgan fingerprint density at radius 3 is 2.31 bits per heavy atom. The Hall–Kier alpha value is -0.570. The summed E-state index contributed by atoms with van der Waals surface area (Å²) in [5.41, 5.74) is 0. The second-order valence-electron chi connectivity index (χ2n) is 5.53. The SMILES string of the molecule is CC(O)CCC(=O)NCC(C1CC1)C1CC1. The van der Waals surface area contributed by atoms with Gasteiger partial charge in [-0.2, -0.15) is 0 Å². The molecule has 1 unspecified atom stereocenters. The van der Waals surface area contributed by atoms with Gasteiger partial charge in [-0.25, -0.2) is 0 Å². The summed E-state index contributed by atoms with van der Waals surface area (Å²) in [5.74, 6) is 2.64. The van der Waals surface area contributed by atoms with Crippen molar-refractivity contribution in [2.45, 2.75) is 51.6 Å². The van der Waals surface area contributed by atoms with Crippen LogP contribution in [0.2, 0.25) is 0 Å². The summed E-state index contributed by atoms with van der Waals surface area (Å²) in [4.78, 5) is 11.5. The number of rotatable bonds is 7. The Morgan fingerprint density at radius 1 is 1.31 bits per heavy atom. The second-order valence-corrected chi connectivity index (χ2v) is 5.53. The van der Waals surface area contributed by atoms with Crippen LogP contribution in [0, 0.1) is 17.8 Å². The normalized spacial score (nSPS) is 22.2. The van der Waals surface area contributed by atoms with Gasteiger partial charge in [0.2, 0.25) is 5.91 Å². The Balaban J connectivity index is 1.63. The summed E-state index contributed by atoms with van der Waals surface area (Å²) in [5, 5.41) is 12.1. The first kappa shape index (κ1) is 11.9. The number of aliphatic hydroxyl groups excluding tert-OH is 1. The fourth-order valence-corrected chi connectivity index (χ4v) is 2.43. The van der Waals surface area contributed by atoms with E-state index in [2.05, 4.69) is 5.32 Å². The lowest BCUT2D eigenvalue weighted by molar-refractivity contribution is -0.121. The first-order valence-electron chi connectivity index (χ1n) is 6.61. The largest absolute Gasteiger partial charge is 0.393 e. The molecule has 0 saturated heterocycles. The molecule has 2 saturated carbocycles. The van der Waals surface area contributed by atoms with Crippen LogP contribution in [0.5, 0.6) is 0 Å². The molecule has 0 aromatic carbocycles. The van der Waals surface area contributed by atoms with Crippen LogP contribution in [-0.2, 0) is 4.79 Å². The summed E-state index contributed by atoms with van der Waals surface area (Å²) in [6.45, 7) is 2.60. The summed E-state index contributed by atoms with van der Waals surface area (Å²) in [7, 11) is 0. The molecule has 3 nitrogen and oxygen atoms in total. The van der Waals surface area contributed by atoms with Crippen LogP contribution in [0.25, 0.3) is 0 Å². The lowest BCUT2D eigenvalue weighted by atomic mass is 9.98. The van der Waals surface area contributed by atoms with Crippen LogP contribution in [-0.4, -0.2) is 23.7 Å². The minimum atomic E-state index is -0.367. The van der Waals surface area contributed by atoms with Crippen LogP contribution < -0.4 is 5.32 Å². The van der Waals surface area contributed by atoms with Crippen LogP contribution in [0.3, 0.4) is 0 Å². The third kappa shape index (κ3) is 3.78. The van der Waals surface area contributed by atoms with Gasteiger partial charge in [-0.05, 0) is 56.8 Å². The number of nitrogens with one attached hydrogen (secondary N) is 1. The van der Waals surface area contributed by atoms with Gasteiger partial charge >= 0.3 is 0 Å². The first-order valence-corrected chi connectivity index (χ1v) is 6.61. The number of carbonyl (C=O) groups is 1. The van der Waals surface area contributed by atoms with Gasteiger partial charge in [-0.3, -0.25) is 4.79 Å². The van der Waals surface area contributed by atoms with E-state index >= 15 is 0 Å². The molecule has 2 N–H and O–H groups in total. The van der Waals surface area contributed by atoms with E-state index in [1.54, 1.807) is 6.92 Å². The molecular weight excluding hydrogens is 202 g/mol. The van der Waals surface area contributed by atoms with Gasteiger partial charge in [0.05, 0.1) is 6.10 Å². The maximum absolute atomic E-state index is 11.5. The molecule has 0 aromatic heterocycles. The molecule has 0 aromatic rings. The van der Waals surface area contributed by atoms with Crippen molar-refractivity contribution in [2.24, 2.45) is 17.8 Å². The highest BCUT2D eigenvalue weighted by Crippen LogP contribution is 2.48. The van der Waals surface area contributed by atoms with E-state index in [9.17, 15) is 4.79 Å². The number of aliphatic hydroxyl groups is 1. The monoisotopic (exact) mass is 225 g/mol. The van der Waals surface area contributed by atoms with Gasteiger partial charge in [-0.1, -0.05) is 0 Å². The molecule has 2 fully saturated rings. The van der Waals surface area contributed by atoms with Crippen LogP contribution in [0.15, 0.2) is 0 Å². The Bertz CT molecular complexity index is 232. The molecule has 16 heavy (non-hydrogen) atoms. The minimum Gasteiger partial charge on any atom is -0.393 e. The quantitative estimate of drug-likeness (QED) is 0.693. The fourth-order valence-electron chi connectivity index (χ4n) is 2.43. The summed E-state index contributed by atoms with van der Waals surface area (Å²) in [6, 6.07) is 0. The maximum atomic E-state index is 11.5. The van der Waals surface area contributed by atoms with Gasteiger partial charge in [0, 0.05) is 13.0 Å². The topological polar surface area (TPSA) is 49.3 Å². The fraction of sp³-hybridized carbons (Fsp3) is 0.923. The maximum Gasteiger partial charge on any atom is 0.220 e. The number of hydrogen-bond acceptors (Lipinski definition) is 2. The smallest absolute Gasteiger partial charge is 0.220 e. The molecule has 92 valence electrons. The molecule has 2 aliphatic rings. The summed E-state index contributed by atoms with van der Waals surface area (Å²) >= 11 is 0. The van der Waals surface area contributed by atoms with E-state index < -0.39 is 0 Å². The van der Waals surface area contributed by atoms with Crippen molar-refractivity contribution in [2.75, 3.05) is 6.54 Å². The van der Waals surface area contributed by atoms with Crippen LogP contribution in [0.4, 0.5) is 0 Å². The molecule has 3 heteroatoms. The van der Waals surface area contributed by atoms with Crippen molar-refractivity contribution >= 4 is 5.91 Å². The molecule has 0 aliphatic heterocycles. The molecule has 0 radical (unpaired) electrons. The number of carbonyl (C=O) groups excluding carboxylic acids is 1. The van der Waals surface area contributed by atoms with E-state index in [0.717, 1.165) is 24.3 Å². The summed E-state index contributed by atoms with van der Waals surface area (Å²) < 4.78 is 0. The van der Waals surface area contributed by atoms with E-state index in [1.807, 2.05) is 0 Å². The molecule has 1 atom stereocenters. The third-order valence-electron chi connectivity index (χ3n) is 3.78. The van der Waals surface area contributed by atoms with E-state index in [-0.39, 0.29) is 12.0 Å². The van der Waals surface area contributed by atoms with Crippen molar-refractivity contribution in [1.29, 1.82) is 0 Å². The molecule has 2 aliphatic carbocycles. The molecule has 0 heterocycles. The molecular formula is C13H23NO2. The van der Waals surface area contributed by atoms with E-state index in [4.69, 9.17) is 5.11 Å². The molecule has 1 amide bonds. The zero-order valence-electron chi connectivity index (χ0n) is 10.1. The van der Waals surface area contributed by atoms with Gasteiger partial charge in [0.15, 0.2) is 0 Å². The van der Waals surface area contributed by atoms with Crippen molar-refractivity contribution in [3.63, 3.8) is 0 Å². The highest BCUT2D eigenvalue weighted by atomic mass is 16.3. The van der Waals surface area contributed by atoms with Crippen LogP contribution in [0.1, 0.15) is 45.4 Å². The zero-order valence-corrected chi connectivity index (χ0v) is 10.1. The van der Waals surface area contributed by atoms with Gasteiger partial charge < -0.3 is 10.4 Å². The second kappa shape index (κ2) is 5.17. The van der Waals surface area contributed by atoms with Crippen molar-refractivity contribution in [3.8, 4) is 0 Å². The zero-order chi connectivity index (χ0) is 11.5. The van der Waals surface area contributed by atoms with Gasteiger partial charge in [-0.15, -0.1) is 0 Å². The molecule has 0 bridgehead atoms. The standard InChI is InChI=1S/C13H23NO2/c1-9(15)2-7-13(16)14-8-12(10-3-4-10)11-5-6-11/h9-12,15H,2-8H2,1H3,(H,14,16). The summed E-state index contributed by atoms with van der Waals surface area (Å²) in [6.07, 6.45) is 6.13. The average Bonchev–Trinajstić information content (AvgIpc) is 3.07. The molecule has 2 rings (SSSR count). The first-order chi connectivity index (χ1) is 7.66. The predicted octanol–water partition coefficient (Wildman–Crippen LogP) is 1.70.